The van der Waals surface area contributed by atoms with Crippen LogP contribution in [0, 0.1) is 5.92 Å². The standard InChI is InChI=1S/C21H20Cl2N4O4/c1-31-16-6-5-10(22)7-15(16)25-19(29)13-8-11(9-17(24)28)27-21(13)12-3-2-4-14(23)18(12)26-20(21)30/h2-7,11,13,27H,8-9H2,1H3,(H2,24,28)(H,25,29)(H,26,30)/t11-,13-,21+/m1/s1. The second kappa shape index (κ2) is 8.03. The largest absolute Gasteiger partial charge is 0.495 e. The summed E-state index contributed by atoms with van der Waals surface area (Å²) < 4.78 is 5.30. The van der Waals surface area contributed by atoms with Crippen molar-refractivity contribution in [1.82, 2.24) is 5.32 Å². The molecule has 2 aromatic carbocycles. The highest BCUT2D eigenvalue weighted by Gasteiger charge is 2.60. The zero-order valence-corrected chi connectivity index (χ0v) is 18.0. The summed E-state index contributed by atoms with van der Waals surface area (Å²) >= 11 is 12.4. The van der Waals surface area contributed by atoms with Crippen LogP contribution in [0.15, 0.2) is 36.4 Å². The van der Waals surface area contributed by atoms with Gasteiger partial charge in [-0.15, -0.1) is 0 Å². The number of nitrogens with two attached hydrogens (primary N) is 1. The van der Waals surface area contributed by atoms with Crippen LogP contribution >= 0.6 is 23.2 Å². The lowest BCUT2D eigenvalue weighted by atomic mass is 9.79. The Morgan fingerprint density at radius 3 is 2.77 bits per heavy atom. The third kappa shape index (κ3) is 3.60. The summed E-state index contributed by atoms with van der Waals surface area (Å²) in [7, 11) is 1.48. The molecule has 2 heterocycles. The molecule has 1 saturated heterocycles. The number of primary amides is 1. The van der Waals surface area contributed by atoms with Crippen LogP contribution in [-0.4, -0.2) is 30.9 Å². The highest BCUT2D eigenvalue weighted by molar-refractivity contribution is 6.35. The number of nitrogens with one attached hydrogen (secondary N) is 3. The van der Waals surface area contributed by atoms with Gasteiger partial charge in [0.05, 0.1) is 29.4 Å². The highest BCUT2D eigenvalue weighted by Crippen LogP contribution is 2.49. The quantitative estimate of drug-likeness (QED) is 0.543. The van der Waals surface area contributed by atoms with Gasteiger partial charge in [0.15, 0.2) is 0 Å². The van der Waals surface area contributed by atoms with Gasteiger partial charge < -0.3 is 21.1 Å². The Morgan fingerprint density at radius 2 is 2.06 bits per heavy atom. The first-order chi connectivity index (χ1) is 14.8. The minimum absolute atomic E-state index is 0.0187. The number of ether oxygens (including phenoxy) is 1. The molecule has 1 fully saturated rings. The molecule has 0 saturated carbocycles. The average Bonchev–Trinajstić information content (AvgIpc) is 3.22. The second-order valence-electron chi connectivity index (χ2n) is 7.56. The van der Waals surface area contributed by atoms with E-state index in [-0.39, 0.29) is 12.8 Å². The van der Waals surface area contributed by atoms with E-state index < -0.39 is 35.2 Å². The Balaban J connectivity index is 1.75. The predicted molar refractivity (Wildman–Crippen MR) is 117 cm³/mol. The van der Waals surface area contributed by atoms with Crippen molar-refractivity contribution in [2.75, 3.05) is 17.7 Å². The first kappa shape index (κ1) is 21.4. The van der Waals surface area contributed by atoms with E-state index in [2.05, 4.69) is 16.0 Å². The molecule has 0 unspecified atom stereocenters. The van der Waals surface area contributed by atoms with E-state index in [1.54, 1.807) is 36.4 Å². The summed E-state index contributed by atoms with van der Waals surface area (Å²) in [6.07, 6.45) is 0.201. The number of amides is 3. The summed E-state index contributed by atoms with van der Waals surface area (Å²) in [4.78, 5) is 38.2. The van der Waals surface area contributed by atoms with Crippen LogP contribution in [-0.2, 0) is 19.9 Å². The fourth-order valence-electron chi connectivity index (χ4n) is 4.42. The molecule has 5 N–H and O–H groups in total. The van der Waals surface area contributed by atoms with Crippen LogP contribution in [0.4, 0.5) is 11.4 Å². The third-order valence-corrected chi connectivity index (χ3v) is 6.24. The van der Waals surface area contributed by atoms with Crippen molar-refractivity contribution < 1.29 is 19.1 Å². The van der Waals surface area contributed by atoms with E-state index >= 15 is 0 Å². The minimum Gasteiger partial charge on any atom is -0.495 e. The topological polar surface area (TPSA) is 123 Å². The molecule has 2 aliphatic heterocycles. The van der Waals surface area contributed by atoms with Gasteiger partial charge >= 0.3 is 0 Å². The van der Waals surface area contributed by atoms with Crippen LogP contribution < -0.4 is 26.4 Å². The molecule has 0 aliphatic carbocycles. The molecule has 0 aromatic heterocycles. The van der Waals surface area contributed by atoms with Crippen LogP contribution in [0.5, 0.6) is 5.75 Å². The van der Waals surface area contributed by atoms with Crippen LogP contribution in [0.25, 0.3) is 0 Å². The van der Waals surface area contributed by atoms with Crippen LogP contribution in [0.1, 0.15) is 18.4 Å². The maximum Gasteiger partial charge on any atom is 0.250 e. The lowest BCUT2D eigenvalue weighted by Crippen LogP contribution is -2.52. The van der Waals surface area contributed by atoms with Gasteiger partial charge in [-0.25, -0.2) is 0 Å². The number of hydrogen-bond acceptors (Lipinski definition) is 5. The second-order valence-corrected chi connectivity index (χ2v) is 8.40. The van der Waals surface area contributed by atoms with E-state index in [0.29, 0.717) is 32.7 Å². The van der Waals surface area contributed by atoms with Crippen LogP contribution in [0.3, 0.4) is 0 Å². The monoisotopic (exact) mass is 462 g/mol. The zero-order valence-electron chi connectivity index (χ0n) is 16.5. The Labute approximate surface area is 188 Å². The average molecular weight is 463 g/mol. The molecule has 2 aliphatic rings. The summed E-state index contributed by atoms with van der Waals surface area (Å²) in [5.74, 6) is -1.80. The lowest BCUT2D eigenvalue weighted by Gasteiger charge is -2.29. The number of rotatable bonds is 5. The summed E-state index contributed by atoms with van der Waals surface area (Å²) in [5.41, 5.74) is 5.36. The van der Waals surface area contributed by atoms with E-state index in [9.17, 15) is 14.4 Å². The molecular formula is C21H20Cl2N4O4. The Bertz CT molecular complexity index is 1090. The zero-order chi connectivity index (χ0) is 22.3. The van der Waals surface area contributed by atoms with Crippen molar-refractivity contribution in [1.29, 1.82) is 0 Å². The van der Waals surface area contributed by atoms with Crippen molar-refractivity contribution in [3.8, 4) is 5.75 Å². The summed E-state index contributed by atoms with van der Waals surface area (Å²) in [6.45, 7) is 0. The van der Waals surface area contributed by atoms with E-state index in [0.717, 1.165) is 0 Å². The SMILES string of the molecule is COc1ccc(Cl)cc1NC(=O)[C@H]1C[C@H](CC(N)=O)N[C@]12C(=O)Nc1c(Cl)cccc12. The van der Waals surface area contributed by atoms with E-state index in [1.165, 1.54) is 7.11 Å². The van der Waals surface area contributed by atoms with Gasteiger partial charge in [0.1, 0.15) is 11.3 Å². The maximum atomic E-state index is 13.4. The van der Waals surface area contributed by atoms with Crippen molar-refractivity contribution in [2.24, 2.45) is 11.7 Å². The van der Waals surface area contributed by atoms with Gasteiger partial charge in [0, 0.05) is 23.0 Å². The predicted octanol–water partition coefficient (Wildman–Crippen LogP) is 2.64. The minimum atomic E-state index is -1.39. The number of methoxy groups -OCH3 is 1. The lowest BCUT2D eigenvalue weighted by molar-refractivity contribution is -0.130. The number of fused-ring (bicyclic) bond motifs is 2. The number of hydrogen-bond donors (Lipinski definition) is 4. The van der Waals surface area contributed by atoms with Gasteiger partial charge in [-0.05, 0) is 30.7 Å². The van der Waals surface area contributed by atoms with Gasteiger partial charge in [0.25, 0.3) is 0 Å². The summed E-state index contributed by atoms with van der Waals surface area (Å²) in [5, 5.41) is 9.57. The van der Waals surface area contributed by atoms with Gasteiger partial charge in [-0.1, -0.05) is 35.3 Å². The number of halogens is 2. The van der Waals surface area contributed by atoms with Crippen molar-refractivity contribution in [2.45, 2.75) is 24.4 Å². The molecule has 8 nitrogen and oxygen atoms in total. The Hall–Kier alpha value is -2.81. The fraction of sp³-hybridized carbons (Fsp3) is 0.286. The number of para-hydroxylation sites is 1. The van der Waals surface area contributed by atoms with Gasteiger partial charge in [-0.2, -0.15) is 0 Å². The molecule has 3 atom stereocenters. The number of benzene rings is 2. The molecule has 162 valence electrons. The molecule has 31 heavy (non-hydrogen) atoms. The Morgan fingerprint density at radius 1 is 1.29 bits per heavy atom. The van der Waals surface area contributed by atoms with Crippen molar-refractivity contribution in [3.05, 3.63) is 52.0 Å². The molecule has 0 radical (unpaired) electrons. The number of carbonyl (C=O) groups is 3. The smallest absolute Gasteiger partial charge is 0.250 e. The molecule has 3 amide bonds. The molecule has 0 bridgehead atoms. The van der Waals surface area contributed by atoms with E-state index in [1.807, 2.05) is 0 Å². The molecule has 1 spiro atoms. The molecule has 2 aromatic rings. The van der Waals surface area contributed by atoms with Gasteiger partial charge in [0.2, 0.25) is 17.7 Å². The van der Waals surface area contributed by atoms with Crippen molar-refractivity contribution in [3.63, 3.8) is 0 Å². The maximum absolute atomic E-state index is 13.4. The third-order valence-electron chi connectivity index (χ3n) is 5.69. The molecule has 10 heteroatoms. The first-order valence-corrected chi connectivity index (χ1v) is 10.3. The number of anilines is 2. The fourth-order valence-corrected chi connectivity index (χ4v) is 4.82. The highest BCUT2D eigenvalue weighted by atomic mass is 35.5. The molecular weight excluding hydrogens is 443 g/mol. The first-order valence-electron chi connectivity index (χ1n) is 9.57. The molecule has 4 rings (SSSR count). The van der Waals surface area contributed by atoms with Crippen LogP contribution in [0.2, 0.25) is 10.0 Å². The van der Waals surface area contributed by atoms with Crippen molar-refractivity contribution >= 4 is 52.3 Å². The Kier molecular flexibility index (Phi) is 5.55. The number of carbonyl (C=O) groups excluding carboxylic acids is 3. The summed E-state index contributed by atoms with van der Waals surface area (Å²) in [6, 6.07) is 9.47. The van der Waals surface area contributed by atoms with E-state index in [4.69, 9.17) is 33.7 Å². The normalized spacial score (nSPS) is 24.0. The van der Waals surface area contributed by atoms with Gasteiger partial charge in [-0.3, -0.25) is 19.7 Å².